The fraction of sp³-hybridized carbons (Fsp3) is 0.400. The van der Waals surface area contributed by atoms with Crippen molar-refractivity contribution in [2.75, 3.05) is 6.61 Å². The van der Waals surface area contributed by atoms with E-state index >= 15 is 0 Å². The second-order valence-corrected chi connectivity index (χ2v) is 5.03. The van der Waals surface area contributed by atoms with Crippen LogP contribution in [-0.4, -0.2) is 23.1 Å². The fourth-order valence-corrected chi connectivity index (χ4v) is 2.14. The van der Waals surface area contributed by atoms with Crippen molar-refractivity contribution in [3.05, 3.63) is 40.0 Å². The maximum absolute atomic E-state index is 11.4. The molecule has 6 heteroatoms. The van der Waals surface area contributed by atoms with E-state index < -0.39 is 10.5 Å². The quantitative estimate of drug-likeness (QED) is 0.473. The third kappa shape index (κ3) is 3.59. The van der Waals surface area contributed by atoms with Crippen molar-refractivity contribution in [3.63, 3.8) is 0 Å². The van der Waals surface area contributed by atoms with E-state index in [0.29, 0.717) is 24.3 Å². The monoisotopic (exact) mass is 291 g/mol. The topological polar surface area (TPSA) is 78.7 Å². The van der Waals surface area contributed by atoms with Gasteiger partial charge in [-0.2, -0.15) is 0 Å². The number of nitro benzene ring substituents is 1. The van der Waals surface area contributed by atoms with Crippen LogP contribution in [0.4, 0.5) is 5.69 Å². The molecule has 0 bridgehead atoms. The predicted molar refractivity (Wildman–Crippen MR) is 77.0 cm³/mol. The van der Waals surface area contributed by atoms with Crippen molar-refractivity contribution in [3.8, 4) is 5.75 Å². The molecule has 0 fully saturated rings. The average Bonchev–Trinajstić information content (AvgIpc) is 2.45. The van der Waals surface area contributed by atoms with Gasteiger partial charge in [0.15, 0.2) is 0 Å². The van der Waals surface area contributed by atoms with E-state index in [1.165, 1.54) is 12.1 Å². The molecule has 1 aliphatic heterocycles. The average molecular weight is 291 g/mol. The standard InChI is InChI=1S/C15H17NO5/c1-3-20-14(17)7-9-15(2)8-6-11-10-12(16(18)19)4-5-13(11)21-15/h4-6,8,10H,3,7,9H2,1-2H3. The lowest BCUT2D eigenvalue weighted by Gasteiger charge is -2.31. The Kier molecular flexibility index (Phi) is 4.26. The van der Waals surface area contributed by atoms with Gasteiger partial charge in [-0.3, -0.25) is 14.9 Å². The Morgan fingerprint density at radius 1 is 1.48 bits per heavy atom. The summed E-state index contributed by atoms with van der Waals surface area (Å²) in [5, 5.41) is 10.7. The smallest absolute Gasteiger partial charge is 0.305 e. The van der Waals surface area contributed by atoms with Gasteiger partial charge < -0.3 is 9.47 Å². The minimum Gasteiger partial charge on any atom is -0.483 e. The number of hydrogen-bond donors (Lipinski definition) is 0. The summed E-state index contributed by atoms with van der Waals surface area (Å²) in [6.45, 7) is 3.99. The fourth-order valence-electron chi connectivity index (χ4n) is 2.14. The van der Waals surface area contributed by atoms with Crippen LogP contribution >= 0.6 is 0 Å². The summed E-state index contributed by atoms with van der Waals surface area (Å²) in [6.07, 6.45) is 4.35. The molecule has 1 aliphatic rings. The van der Waals surface area contributed by atoms with Gasteiger partial charge in [0.25, 0.3) is 5.69 Å². The minimum atomic E-state index is -0.615. The number of carbonyl (C=O) groups excluding carboxylic acids is 1. The Morgan fingerprint density at radius 2 is 2.24 bits per heavy atom. The zero-order chi connectivity index (χ0) is 15.5. The second kappa shape index (κ2) is 5.95. The van der Waals surface area contributed by atoms with Crippen molar-refractivity contribution in [2.24, 2.45) is 0 Å². The Balaban J connectivity index is 2.09. The SMILES string of the molecule is CCOC(=O)CCC1(C)C=Cc2cc([N+](=O)[O-])ccc2O1. The molecular formula is C15H17NO5. The van der Waals surface area contributed by atoms with Crippen LogP contribution in [0.15, 0.2) is 24.3 Å². The molecule has 1 unspecified atom stereocenters. The highest BCUT2D eigenvalue weighted by atomic mass is 16.6. The molecule has 2 rings (SSSR count). The molecule has 6 nitrogen and oxygen atoms in total. The number of non-ortho nitro benzene ring substituents is 1. The molecule has 1 heterocycles. The van der Waals surface area contributed by atoms with Crippen LogP contribution in [0.5, 0.6) is 5.75 Å². The minimum absolute atomic E-state index is 0.0251. The summed E-state index contributed by atoms with van der Waals surface area (Å²) in [7, 11) is 0. The molecule has 1 aromatic carbocycles. The van der Waals surface area contributed by atoms with E-state index in [-0.39, 0.29) is 18.1 Å². The Morgan fingerprint density at radius 3 is 2.90 bits per heavy atom. The Hall–Kier alpha value is -2.37. The van der Waals surface area contributed by atoms with Crippen LogP contribution in [0.2, 0.25) is 0 Å². The van der Waals surface area contributed by atoms with Crippen LogP contribution in [0.1, 0.15) is 32.3 Å². The van der Waals surface area contributed by atoms with E-state index in [4.69, 9.17) is 9.47 Å². The van der Waals surface area contributed by atoms with Gasteiger partial charge >= 0.3 is 5.97 Å². The van der Waals surface area contributed by atoms with Crippen molar-refractivity contribution < 1.29 is 19.2 Å². The highest BCUT2D eigenvalue weighted by molar-refractivity contribution is 5.70. The van der Waals surface area contributed by atoms with E-state index in [2.05, 4.69) is 0 Å². The lowest BCUT2D eigenvalue weighted by atomic mass is 9.95. The van der Waals surface area contributed by atoms with E-state index in [0.717, 1.165) is 0 Å². The summed E-state index contributed by atoms with van der Waals surface area (Å²) < 4.78 is 10.8. The number of benzene rings is 1. The van der Waals surface area contributed by atoms with Crippen LogP contribution in [0, 0.1) is 10.1 Å². The van der Waals surface area contributed by atoms with Crippen molar-refractivity contribution in [1.29, 1.82) is 0 Å². The molecular weight excluding hydrogens is 274 g/mol. The maximum Gasteiger partial charge on any atom is 0.305 e. The van der Waals surface area contributed by atoms with Crippen LogP contribution in [0.3, 0.4) is 0 Å². The number of nitrogens with zero attached hydrogens (tertiary/aromatic N) is 1. The molecule has 0 N–H and O–H groups in total. The zero-order valence-corrected chi connectivity index (χ0v) is 12.0. The molecule has 1 atom stereocenters. The van der Waals surface area contributed by atoms with Crippen LogP contribution < -0.4 is 4.74 Å². The maximum atomic E-state index is 11.4. The summed E-state index contributed by atoms with van der Waals surface area (Å²) in [6, 6.07) is 4.46. The first-order valence-corrected chi connectivity index (χ1v) is 6.76. The summed E-state index contributed by atoms with van der Waals surface area (Å²) in [5.74, 6) is 0.319. The van der Waals surface area contributed by atoms with Crippen LogP contribution in [0.25, 0.3) is 6.08 Å². The molecule has 0 aliphatic carbocycles. The molecule has 0 radical (unpaired) electrons. The van der Waals surface area contributed by atoms with Gasteiger partial charge in [0.05, 0.1) is 11.5 Å². The number of esters is 1. The summed E-state index contributed by atoms with van der Waals surface area (Å²) >= 11 is 0. The van der Waals surface area contributed by atoms with Gasteiger partial charge in [0.1, 0.15) is 11.4 Å². The number of nitro groups is 1. The predicted octanol–water partition coefficient (Wildman–Crippen LogP) is 3.10. The first-order valence-electron chi connectivity index (χ1n) is 6.76. The van der Waals surface area contributed by atoms with Gasteiger partial charge in [-0.1, -0.05) is 6.08 Å². The highest BCUT2D eigenvalue weighted by Gasteiger charge is 2.29. The van der Waals surface area contributed by atoms with E-state index in [1.807, 2.05) is 13.0 Å². The van der Waals surface area contributed by atoms with Crippen molar-refractivity contribution in [1.82, 2.24) is 0 Å². The van der Waals surface area contributed by atoms with Gasteiger partial charge in [-0.15, -0.1) is 0 Å². The molecule has 0 amide bonds. The third-order valence-corrected chi connectivity index (χ3v) is 3.29. The van der Waals surface area contributed by atoms with Crippen molar-refractivity contribution in [2.45, 2.75) is 32.3 Å². The normalized spacial score (nSPS) is 19.5. The number of fused-ring (bicyclic) bond motifs is 1. The summed E-state index contributed by atoms with van der Waals surface area (Å²) in [4.78, 5) is 21.7. The zero-order valence-electron chi connectivity index (χ0n) is 12.0. The molecule has 112 valence electrons. The number of hydrogen-bond acceptors (Lipinski definition) is 5. The van der Waals surface area contributed by atoms with E-state index in [9.17, 15) is 14.9 Å². The second-order valence-electron chi connectivity index (χ2n) is 5.03. The van der Waals surface area contributed by atoms with E-state index in [1.54, 1.807) is 19.1 Å². The number of carbonyl (C=O) groups is 1. The largest absolute Gasteiger partial charge is 0.483 e. The van der Waals surface area contributed by atoms with Gasteiger partial charge in [0.2, 0.25) is 0 Å². The molecule has 0 saturated carbocycles. The summed E-state index contributed by atoms with van der Waals surface area (Å²) in [5.41, 5.74) is 0.0746. The molecule has 0 aromatic heterocycles. The number of rotatable bonds is 5. The van der Waals surface area contributed by atoms with Gasteiger partial charge in [-0.05, 0) is 26.0 Å². The first-order chi connectivity index (χ1) is 9.93. The van der Waals surface area contributed by atoms with Crippen molar-refractivity contribution >= 4 is 17.7 Å². The Bertz CT molecular complexity index is 596. The lowest BCUT2D eigenvalue weighted by molar-refractivity contribution is -0.384. The first kappa shape index (κ1) is 15.0. The van der Waals surface area contributed by atoms with Crippen LogP contribution in [-0.2, 0) is 9.53 Å². The third-order valence-electron chi connectivity index (χ3n) is 3.29. The molecule has 21 heavy (non-hydrogen) atoms. The highest BCUT2D eigenvalue weighted by Crippen LogP contribution is 2.35. The molecule has 0 spiro atoms. The van der Waals surface area contributed by atoms with Gasteiger partial charge in [-0.25, -0.2) is 0 Å². The molecule has 1 aromatic rings. The number of ether oxygens (including phenoxy) is 2. The van der Waals surface area contributed by atoms with Gasteiger partial charge in [0, 0.05) is 30.5 Å². The Labute approximate surface area is 122 Å². The molecule has 0 saturated heterocycles. The lowest BCUT2D eigenvalue weighted by Crippen LogP contribution is -2.32.